The number of carboxylic acid groups (broad SMARTS) is 1. The lowest BCUT2D eigenvalue weighted by atomic mass is 10.00. The summed E-state index contributed by atoms with van der Waals surface area (Å²) in [6.07, 6.45) is 0.519. The van der Waals surface area contributed by atoms with E-state index in [9.17, 15) is 18.4 Å². The van der Waals surface area contributed by atoms with Crippen molar-refractivity contribution < 1.29 is 23.5 Å². The van der Waals surface area contributed by atoms with Gasteiger partial charge in [-0.1, -0.05) is 0 Å². The third-order valence-electron chi connectivity index (χ3n) is 8.60. The molecule has 1 unspecified atom stereocenters. The van der Waals surface area contributed by atoms with Gasteiger partial charge in [-0.2, -0.15) is 8.78 Å². The highest BCUT2D eigenvalue weighted by atomic mass is 19.3. The smallest absolute Gasteiger partial charge is 0.407 e. The Kier molecular flexibility index (Phi) is 4.98. The lowest BCUT2D eigenvalue weighted by Gasteiger charge is -2.39. The Hall–Kier alpha value is -2.56. The topological polar surface area (TPSA) is 102 Å². The van der Waals surface area contributed by atoms with Gasteiger partial charge in [0.1, 0.15) is 5.69 Å². The molecule has 0 spiro atoms. The summed E-state index contributed by atoms with van der Waals surface area (Å²) in [6.45, 7) is 5.09. The van der Waals surface area contributed by atoms with Gasteiger partial charge in [0.05, 0.1) is 11.7 Å². The molecule has 1 saturated carbocycles. The van der Waals surface area contributed by atoms with Crippen LogP contribution >= 0.6 is 0 Å². The van der Waals surface area contributed by atoms with E-state index in [0.29, 0.717) is 55.7 Å². The maximum atomic E-state index is 14.7. The van der Waals surface area contributed by atoms with Crippen LogP contribution in [0.15, 0.2) is 0 Å². The van der Waals surface area contributed by atoms with Crippen LogP contribution in [-0.4, -0.2) is 82.2 Å². The minimum atomic E-state index is -2.93. The number of carbonyl (C=O) groups is 2. The minimum Gasteiger partial charge on any atom is -0.465 e. The third kappa shape index (κ3) is 3.42. The van der Waals surface area contributed by atoms with Gasteiger partial charge in [-0.25, -0.2) is 14.8 Å². The standard InChI is InChI=1S/C23H30F2N6O3/c1-12-3-5-31(12)21-27-18(13-2-4-23(24,25)20(13)28-21)19-17-14(15(17)11-26-19)10-16(32)29-6-8-30(9-7-29)22(33)34/h12,14-15,17,19,26H,2-11H2,1H3,(H,33,34)/t12-,14+,15-,17+,19?/m0/s1. The fraction of sp³-hybridized carbons (Fsp3) is 0.739. The summed E-state index contributed by atoms with van der Waals surface area (Å²) in [5, 5.41) is 12.6. The molecule has 0 aromatic carbocycles. The number of aromatic nitrogens is 2. The molecule has 3 saturated heterocycles. The minimum absolute atomic E-state index is 0.0535. The zero-order valence-corrected chi connectivity index (χ0v) is 19.2. The van der Waals surface area contributed by atoms with Crippen LogP contribution in [0.2, 0.25) is 0 Å². The zero-order valence-electron chi connectivity index (χ0n) is 19.2. The summed E-state index contributed by atoms with van der Waals surface area (Å²) in [4.78, 5) is 38.2. The predicted molar refractivity (Wildman–Crippen MR) is 118 cm³/mol. The van der Waals surface area contributed by atoms with Gasteiger partial charge in [0.15, 0.2) is 0 Å². The van der Waals surface area contributed by atoms with Gasteiger partial charge in [-0.3, -0.25) is 4.79 Å². The third-order valence-corrected chi connectivity index (χ3v) is 8.60. The second-order valence-corrected chi connectivity index (χ2v) is 10.4. The van der Waals surface area contributed by atoms with E-state index in [1.54, 1.807) is 4.90 Å². The van der Waals surface area contributed by atoms with Crippen LogP contribution in [0.4, 0.5) is 19.5 Å². The summed E-state index contributed by atoms with van der Waals surface area (Å²) in [6, 6.07) is 0.116. The predicted octanol–water partition coefficient (Wildman–Crippen LogP) is 1.83. The van der Waals surface area contributed by atoms with Gasteiger partial charge in [-0.15, -0.1) is 0 Å². The fourth-order valence-electron chi connectivity index (χ4n) is 6.34. The molecule has 2 aliphatic carbocycles. The molecule has 0 radical (unpaired) electrons. The second kappa shape index (κ2) is 7.73. The first-order valence-electron chi connectivity index (χ1n) is 12.3. The number of hydrogen-bond donors (Lipinski definition) is 2. The highest BCUT2D eigenvalue weighted by Gasteiger charge is 2.60. The molecule has 34 heavy (non-hydrogen) atoms. The van der Waals surface area contributed by atoms with Gasteiger partial charge < -0.3 is 25.1 Å². The number of carbonyl (C=O) groups excluding carboxylic acids is 1. The van der Waals surface area contributed by atoms with Crippen molar-refractivity contribution >= 4 is 17.9 Å². The first kappa shape index (κ1) is 21.9. The Balaban J connectivity index is 1.19. The number of alkyl halides is 2. The maximum absolute atomic E-state index is 14.7. The molecule has 6 rings (SSSR count). The summed E-state index contributed by atoms with van der Waals surface area (Å²) < 4.78 is 29.4. The highest BCUT2D eigenvalue weighted by molar-refractivity contribution is 5.77. The molecular weight excluding hydrogens is 446 g/mol. The van der Waals surface area contributed by atoms with Crippen molar-refractivity contribution in [2.45, 2.75) is 50.6 Å². The number of nitrogens with one attached hydrogen (secondary N) is 1. The number of piperidine rings is 1. The molecule has 3 aliphatic heterocycles. The highest BCUT2D eigenvalue weighted by Crippen LogP contribution is 2.60. The Labute approximate surface area is 196 Å². The van der Waals surface area contributed by atoms with E-state index in [1.807, 2.05) is 4.90 Å². The molecule has 184 valence electrons. The van der Waals surface area contributed by atoms with Crippen LogP contribution in [0.1, 0.15) is 49.2 Å². The number of hydrogen-bond acceptors (Lipinski definition) is 6. The van der Waals surface area contributed by atoms with Crippen molar-refractivity contribution in [1.29, 1.82) is 0 Å². The van der Waals surface area contributed by atoms with Gasteiger partial charge in [0.2, 0.25) is 11.9 Å². The Morgan fingerprint density at radius 1 is 1.15 bits per heavy atom. The normalized spacial score (nSPS) is 33.4. The Morgan fingerprint density at radius 2 is 1.88 bits per heavy atom. The molecule has 1 aromatic heterocycles. The first-order valence-corrected chi connectivity index (χ1v) is 12.3. The van der Waals surface area contributed by atoms with Crippen LogP contribution in [0, 0.1) is 17.8 Å². The van der Waals surface area contributed by atoms with E-state index < -0.39 is 12.0 Å². The van der Waals surface area contributed by atoms with Gasteiger partial charge >= 0.3 is 6.09 Å². The van der Waals surface area contributed by atoms with Crippen molar-refractivity contribution in [3.8, 4) is 0 Å². The molecule has 0 bridgehead atoms. The number of piperazine rings is 1. The van der Waals surface area contributed by atoms with E-state index >= 15 is 0 Å². The van der Waals surface area contributed by atoms with E-state index in [0.717, 1.165) is 19.5 Å². The molecule has 9 nitrogen and oxygen atoms in total. The van der Waals surface area contributed by atoms with Crippen LogP contribution in [0.25, 0.3) is 0 Å². The monoisotopic (exact) mass is 476 g/mol. The van der Waals surface area contributed by atoms with Crippen molar-refractivity contribution in [3.63, 3.8) is 0 Å². The van der Waals surface area contributed by atoms with Crippen molar-refractivity contribution in [1.82, 2.24) is 25.1 Å². The van der Waals surface area contributed by atoms with Crippen molar-refractivity contribution in [3.05, 3.63) is 17.0 Å². The molecule has 2 amide bonds. The quantitative estimate of drug-likeness (QED) is 0.684. The second-order valence-electron chi connectivity index (χ2n) is 10.4. The van der Waals surface area contributed by atoms with E-state index in [-0.39, 0.29) is 48.4 Å². The molecule has 4 fully saturated rings. The summed E-state index contributed by atoms with van der Waals surface area (Å²) in [5.74, 6) is -1.71. The largest absolute Gasteiger partial charge is 0.465 e. The van der Waals surface area contributed by atoms with Crippen molar-refractivity contribution in [2.24, 2.45) is 17.8 Å². The molecule has 5 aliphatic rings. The number of nitrogens with zero attached hydrogens (tertiary/aromatic N) is 5. The van der Waals surface area contributed by atoms with E-state index in [2.05, 4.69) is 17.2 Å². The average molecular weight is 477 g/mol. The maximum Gasteiger partial charge on any atom is 0.407 e. The Bertz CT molecular complexity index is 1030. The fourth-order valence-corrected chi connectivity index (χ4v) is 6.34. The zero-order chi connectivity index (χ0) is 23.8. The SMILES string of the molecule is C[C@H]1CCN1c1nc(C2NC[C@H]3[C@@H](CC(=O)N4CCN(C(=O)O)CC4)[C@@H]23)c2c(n1)C(F)(F)CC2. The number of amides is 2. The lowest BCUT2D eigenvalue weighted by Crippen LogP contribution is -2.50. The van der Waals surface area contributed by atoms with Crippen LogP contribution in [0.5, 0.6) is 0 Å². The molecule has 4 heterocycles. The molecule has 5 atom stereocenters. The van der Waals surface area contributed by atoms with Gasteiger partial charge in [0.25, 0.3) is 5.92 Å². The molecule has 11 heteroatoms. The first-order chi connectivity index (χ1) is 16.2. The molecular formula is C23H30F2N6O3. The summed E-state index contributed by atoms with van der Waals surface area (Å²) >= 11 is 0. The number of rotatable bonds is 4. The Morgan fingerprint density at radius 3 is 2.53 bits per heavy atom. The lowest BCUT2D eigenvalue weighted by molar-refractivity contribution is -0.133. The van der Waals surface area contributed by atoms with Crippen LogP contribution in [-0.2, 0) is 17.1 Å². The summed E-state index contributed by atoms with van der Waals surface area (Å²) in [5.41, 5.74) is 1.18. The average Bonchev–Trinajstić information content (AvgIpc) is 3.13. The van der Waals surface area contributed by atoms with Gasteiger partial charge in [-0.05, 0) is 44.1 Å². The van der Waals surface area contributed by atoms with E-state index in [4.69, 9.17) is 10.1 Å². The number of fused-ring (bicyclic) bond motifs is 2. The van der Waals surface area contributed by atoms with Crippen LogP contribution in [0.3, 0.4) is 0 Å². The molecule has 1 aromatic rings. The van der Waals surface area contributed by atoms with Crippen molar-refractivity contribution in [2.75, 3.05) is 44.2 Å². The summed E-state index contributed by atoms with van der Waals surface area (Å²) in [7, 11) is 0. The van der Waals surface area contributed by atoms with Gasteiger partial charge in [0, 0.05) is 57.2 Å². The number of halogens is 2. The molecule has 2 N–H and O–H groups in total. The number of anilines is 1. The van der Waals surface area contributed by atoms with Crippen LogP contribution < -0.4 is 10.2 Å². The van der Waals surface area contributed by atoms with E-state index in [1.165, 1.54) is 4.90 Å².